The number of unbranched alkanes of at least 4 members (excludes halogenated alkanes) is 10. The smallest absolute Gasteiger partial charge is 0.221 e. The molecule has 0 amide bonds. The number of hydrogen-bond donors (Lipinski definition) is 0. The molecule has 0 rings (SSSR count). The van der Waals surface area contributed by atoms with Gasteiger partial charge >= 0.3 is 0 Å². The van der Waals surface area contributed by atoms with E-state index in [0.29, 0.717) is 6.42 Å². The second-order valence-electron chi connectivity index (χ2n) is 6.04. The monoisotopic (exact) mass is 326 g/mol. The van der Waals surface area contributed by atoms with Gasteiger partial charge in [0.1, 0.15) is 0 Å². The molecule has 2 heteroatoms. The minimum atomic E-state index is -0.228. The zero-order chi connectivity index (χ0) is 16.3. The fourth-order valence-corrected chi connectivity index (χ4v) is 2.57. The summed E-state index contributed by atoms with van der Waals surface area (Å²) in [5.74, 6) is 0. The normalized spacial score (nSPS) is 11.7. The molecule has 0 heterocycles. The third kappa shape index (κ3) is 19.4. The number of allylic oxidation sites excluding steroid dienone is 4. The molecule has 0 aliphatic carbocycles. The highest BCUT2D eigenvalue weighted by Gasteiger charge is 1.92. The largest absolute Gasteiger partial charge is 0.281 e. The Labute approximate surface area is 143 Å². The Bertz CT molecular complexity index is 294. The minimum Gasteiger partial charge on any atom is -0.281 e. The van der Waals surface area contributed by atoms with Crippen LogP contribution in [0.25, 0.3) is 0 Å². The van der Waals surface area contributed by atoms with Gasteiger partial charge in [-0.25, -0.2) is 0 Å². The molecule has 22 heavy (non-hydrogen) atoms. The molecule has 0 aromatic rings. The molecule has 0 aliphatic rings. The van der Waals surface area contributed by atoms with E-state index in [1.165, 1.54) is 64.2 Å². The van der Waals surface area contributed by atoms with Gasteiger partial charge in [0.05, 0.1) is 0 Å². The van der Waals surface area contributed by atoms with Crippen molar-refractivity contribution < 1.29 is 4.79 Å². The Kier molecular flexibility index (Phi) is 18.0. The maximum atomic E-state index is 10.5. The molecule has 1 nitrogen and oxygen atoms in total. The molecule has 0 unspecified atom stereocenters. The molecule has 0 atom stereocenters. The highest BCUT2D eigenvalue weighted by atomic mass is 35.5. The lowest BCUT2D eigenvalue weighted by Gasteiger charge is -2.00. The van der Waals surface area contributed by atoms with Crippen molar-refractivity contribution in [1.82, 2.24) is 0 Å². The second-order valence-corrected chi connectivity index (χ2v) is 6.46. The quantitative estimate of drug-likeness (QED) is 0.165. The minimum absolute atomic E-state index is 0.228. The van der Waals surface area contributed by atoms with E-state index in [2.05, 4.69) is 31.2 Å². The van der Waals surface area contributed by atoms with Gasteiger partial charge in [-0.15, -0.1) is 0 Å². The second kappa shape index (κ2) is 18.5. The third-order valence-electron chi connectivity index (χ3n) is 3.82. The molecule has 0 saturated carbocycles. The molecule has 0 aromatic carbocycles. The number of rotatable bonds is 16. The van der Waals surface area contributed by atoms with E-state index in [9.17, 15) is 4.79 Å². The molecule has 0 N–H and O–H groups in total. The van der Waals surface area contributed by atoms with Crippen molar-refractivity contribution in [3.63, 3.8) is 0 Å². The Morgan fingerprint density at radius 1 is 0.727 bits per heavy atom. The van der Waals surface area contributed by atoms with Crippen LogP contribution in [0.2, 0.25) is 0 Å². The van der Waals surface area contributed by atoms with Crippen molar-refractivity contribution in [2.45, 2.75) is 96.8 Å². The van der Waals surface area contributed by atoms with Crippen LogP contribution in [0.5, 0.6) is 0 Å². The van der Waals surface area contributed by atoms with Gasteiger partial charge in [0.15, 0.2) is 0 Å². The van der Waals surface area contributed by atoms with Crippen molar-refractivity contribution in [1.29, 1.82) is 0 Å². The van der Waals surface area contributed by atoms with E-state index in [4.69, 9.17) is 11.6 Å². The maximum Gasteiger partial charge on any atom is 0.221 e. The predicted octanol–water partition coefficient (Wildman–Crippen LogP) is 7.35. The predicted molar refractivity (Wildman–Crippen MR) is 99.5 cm³/mol. The first-order valence-electron chi connectivity index (χ1n) is 9.25. The summed E-state index contributed by atoms with van der Waals surface area (Å²) >= 11 is 5.27. The summed E-state index contributed by atoms with van der Waals surface area (Å²) in [6.45, 7) is 2.27. The fourth-order valence-electron chi connectivity index (χ4n) is 2.44. The first-order chi connectivity index (χ1) is 10.8. The molecule has 0 radical (unpaired) electrons. The summed E-state index contributed by atoms with van der Waals surface area (Å²) in [6, 6.07) is 0. The highest BCUT2D eigenvalue weighted by Crippen LogP contribution is 2.10. The van der Waals surface area contributed by atoms with Gasteiger partial charge in [0, 0.05) is 6.42 Å². The Morgan fingerprint density at radius 3 is 1.77 bits per heavy atom. The lowest BCUT2D eigenvalue weighted by Crippen LogP contribution is -1.83. The Hall–Kier alpha value is -0.560. The van der Waals surface area contributed by atoms with Crippen LogP contribution < -0.4 is 0 Å². The number of hydrogen-bond acceptors (Lipinski definition) is 1. The van der Waals surface area contributed by atoms with E-state index in [0.717, 1.165) is 19.3 Å². The number of carbonyl (C=O) groups excluding carboxylic acids is 1. The van der Waals surface area contributed by atoms with Crippen LogP contribution in [0, 0.1) is 0 Å². The maximum absolute atomic E-state index is 10.5. The van der Waals surface area contributed by atoms with E-state index in [-0.39, 0.29) is 5.24 Å². The lowest BCUT2D eigenvalue weighted by molar-refractivity contribution is -0.111. The summed E-state index contributed by atoms with van der Waals surface area (Å²) in [5, 5.41) is -0.228. The molecular formula is C20H35ClO. The number of halogens is 1. The van der Waals surface area contributed by atoms with Crippen LogP contribution in [-0.4, -0.2) is 5.24 Å². The Morgan fingerprint density at radius 2 is 1.23 bits per heavy atom. The average Bonchev–Trinajstić information content (AvgIpc) is 2.50. The van der Waals surface area contributed by atoms with Gasteiger partial charge in [-0.2, -0.15) is 0 Å². The van der Waals surface area contributed by atoms with Gasteiger partial charge in [-0.3, -0.25) is 4.79 Å². The van der Waals surface area contributed by atoms with Crippen LogP contribution in [0.1, 0.15) is 96.8 Å². The van der Waals surface area contributed by atoms with Crippen molar-refractivity contribution in [3.8, 4) is 0 Å². The van der Waals surface area contributed by atoms with Crippen molar-refractivity contribution in [2.75, 3.05) is 0 Å². The zero-order valence-corrected chi connectivity index (χ0v) is 15.3. The van der Waals surface area contributed by atoms with Crippen molar-refractivity contribution in [2.24, 2.45) is 0 Å². The lowest BCUT2D eigenvalue weighted by atomic mass is 10.1. The first kappa shape index (κ1) is 21.4. The van der Waals surface area contributed by atoms with Gasteiger partial charge < -0.3 is 0 Å². The third-order valence-corrected chi connectivity index (χ3v) is 4.01. The molecule has 0 bridgehead atoms. The molecule has 128 valence electrons. The fraction of sp³-hybridized carbons (Fsp3) is 0.750. The Balaban J connectivity index is 3.17. The standard InChI is InChI=1S/C20H35ClO/c1-2-3-4-5-6-7-8-9-10-11-12-13-14-15-16-17-18-19-20(21)22/h12-13,15-16H,2-11,14,17-19H2,1H3. The van der Waals surface area contributed by atoms with E-state index < -0.39 is 0 Å². The molecule has 0 fully saturated rings. The average molecular weight is 327 g/mol. The van der Waals surface area contributed by atoms with Gasteiger partial charge in [-0.05, 0) is 43.7 Å². The summed E-state index contributed by atoms with van der Waals surface area (Å²) in [5.41, 5.74) is 0. The van der Waals surface area contributed by atoms with Crippen LogP contribution in [-0.2, 0) is 4.79 Å². The molecular weight excluding hydrogens is 292 g/mol. The van der Waals surface area contributed by atoms with E-state index in [1.807, 2.05) is 0 Å². The van der Waals surface area contributed by atoms with Crippen LogP contribution in [0.4, 0.5) is 0 Å². The van der Waals surface area contributed by atoms with Crippen LogP contribution in [0.3, 0.4) is 0 Å². The SMILES string of the molecule is CCCCCCCCCCCC=CCC=CCCCC(=O)Cl. The highest BCUT2D eigenvalue weighted by molar-refractivity contribution is 6.63. The molecule has 0 aliphatic heterocycles. The van der Waals surface area contributed by atoms with Crippen molar-refractivity contribution >= 4 is 16.8 Å². The van der Waals surface area contributed by atoms with Crippen LogP contribution >= 0.6 is 11.6 Å². The summed E-state index contributed by atoms with van der Waals surface area (Å²) in [6.07, 6.45) is 25.9. The van der Waals surface area contributed by atoms with Gasteiger partial charge in [-0.1, -0.05) is 82.6 Å². The van der Waals surface area contributed by atoms with E-state index >= 15 is 0 Å². The zero-order valence-electron chi connectivity index (χ0n) is 14.5. The van der Waals surface area contributed by atoms with Crippen LogP contribution in [0.15, 0.2) is 24.3 Å². The molecule has 0 spiro atoms. The first-order valence-corrected chi connectivity index (χ1v) is 9.63. The summed E-state index contributed by atoms with van der Waals surface area (Å²) < 4.78 is 0. The van der Waals surface area contributed by atoms with E-state index in [1.54, 1.807) is 0 Å². The summed E-state index contributed by atoms with van der Waals surface area (Å²) in [4.78, 5) is 10.5. The van der Waals surface area contributed by atoms with Gasteiger partial charge in [0.25, 0.3) is 0 Å². The summed E-state index contributed by atoms with van der Waals surface area (Å²) in [7, 11) is 0. The van der Waals surface area contributed by atoms with Crippen molar-refractivity contribution in [3.05, 3.63) is 24.3 Å². The topological polar surface area (TPSA) is 17.1 Å². The molecule has 0 saturated heterocycles. The van der Waals surface area contributed by atoms with Gasteiger partial charge in [0.2, 0.25) is 5.24 Å². The molecule has 0 aromatic heterocycles. The number of carbonyl (C=O) groups is 1.